The van der Waals surface area contributed by atoms with Crippen LogP contribution in [0.3, 0.4) is 0 Å². The number of carbonyl (C=O) groups is 2. The number of carbonyl (C=O) groups excluding carboxylic acids is 2. The SMILES string of the molecule is CC#CC[C@@H](C)C(=O)/C=C/[C@H]1CC[C@@H]2C/C(=C/CCC(=O)OC)C[C@@H]21. The first-order valence-electron chi connectivity index (χ1n) is 9.41. The maximum absolute atomic E-state index is 12.2. The van der Waals surface area contributed by atoms with Crippen molar-refractivity contribution in [3.05, 3.63) is 23.8 Å². The van der Waals surface area contributed by atoms with Crippen LogP contribution >= 0.6 is 0 Å². The van der Waals surface area contributed by atoms with Gasteiger partial charge in [-0.05, 0) is 62.9 Å². The Kier molecular flexibility index (Phi) is 7.50. The first-order valence-corrected chi connectivity index (χ1v) is 9.41. The van der Waals surface area contributed by atoms with Crippen LogP contribution < -0.4 is 0 Å². The zero-order valence-electron chi connectivity index (χ0n) is 15.7. The third kappa shape index (κ3) is 5.59. The highest BCUT2D eigenvalue weighted by Gasteiger charge is 2.39. The first kappa shape index (κ1) is 19.5. The number of allylic oxidation sites excluding steroid dienone is 4. The number of hydrogen-bond donors (Lipinski definition) is 0. The van der Waals surface area contributed by atoms with E-state index < -0.39 is 0 Å². The smallest absolute Gasteiger partial charge is 0.305 e. The Balaban J connectivity index is 1.85. The molecule has 0 heterocycles. The van der Waals surface area contributed by atoms with Crippen LogP contribution in [0.5, 0.6) is 0 Å². The Hall–Kier alpha value is -1.82. The molecule has 3 heteroatoms. The van der Waals surface area contributed by atoms with Gasteiger partial charge in [0.15, 0.2) is 5.78 Å². The lowest BCUT2D eigenvalue weighted by Gasteiger charge is -2.14. The van der Waals surface area contributed by atoms with E-state index >= 15 is 0 Å². The molecule has 0 saturated heterocycles. The van der Waals surface area contributed by atoms with Gasteiger partial charge in [-0.15, -0.1) is 11.8 Å². The topological polar surface area (TPSA) is 43.4 Å². The zero-order chi connectivity index (χ0) is 18.2. The highest BCUT2D eigenvalue weighted by Crippen LogP contribution is 2.50. The largest absolute Gasteiger partial charge is 0.469 e. The molecule has 0 aliphatic heterocycles. The van der Waals surface area contributed by atoms with Crippen molar-refractivity contribution in [2.24, 2.45) is 23.7 Å². The third-order valence-corrected chi connectivity index (χ3v) is 5.64. The summed E-state index contributed by atoms with van der Waals surface area (Å²) in [5, 5.41) is 0. The molecule has 0 radical (unpaired) electrons. The van der Waals surface area contributed by atoms with Crippen LogP contribution in [0.1, 0.15) is 58.8 Å². The van der Waals surface area contributed by atoms with E-state index in [0.717, 1.165) is 25.2 Å². The van der Waals surface area contributed by atoms with E-state index in [-0.39, 0.29) is 17.7 Å². The molecule has 0 amide bonds. The molecule has 0 unspecified atom stereocenters. The van der Waals surface area contributed by atoms with Gasteiger partial charge in [0.05, 0.1) is 7.11 Å². The standard InChI is InChI=1S/C22H30O3/c1-4-5-7-16(2)21(23)13-12-18-10-11-19-14-17(15-20(18)19)8-6-9-22(24)25-3/h8,12-13,16,18-20H,6-7,9-11,14-15H2,1-3H3/b13-12+,17-8-/t16-,18-,19-,20-/m1/s1. The Bertz CT molecular complexity index is 602. The Morgan fingerprint density at radius 2 is 2.12 bits per heavy atom. The van der Waals surface area contributed by atoms with Crippen molar-refractivity contribution in [3.63, 3.8) is 0 Å². The maximum atomic E-state index is 12.2. The normalized spacial score (nSPS) is 27.8. The molecule has 2 saturated carbocycles. The summed E-state index contributed by atoms with van der Waals surface area (Å²) >= 11 is 0. The van der Waals surface area contributed by atoms with Crippen LogP contribution in [0.2, 0.25) is 0 Å². The van der Waals surface area contributed by atoms with Gasteiger partial charge >= 0.3 is 5.97 Å². The number of methoxy groups -OCH3 is 1. The van der Waals surface area contributed by atoms with Crippen molar-refractivity contribution < 1.29 is 14.3 Å². The van der Waals surface area contributed by atoms with Crippen molar-refractivity contribution in [1.82, 2.24) is 0 Å². The summed E-state index contributed by atoms with van der Waals surface area (Å²) < 4.78 is 4.69. The molecule has 2 rings (SSSR count). The molecular formula is C22H30O3. The minimum atomic E-state index is -0.142. The molecule has 25 heavy (non-hydrogen) atoms. The van der Waals surface area contributed by atoms with E-state index in [1.54, 1.807) is 6.08 Å². The van der Waals surface area contributed by atoms with Crippen LogP contribution in [0, 0.1) is 35.5 Å². The summed E-state index contributed by atoms with van der Waals surface area (Å²) in [6.45, 7) is 3.76. The molecule has 0 aromatic rings. The van der Waals surface area contributed by atoms with E-state index in [1.807, 2.05) is 13.8 Å². The summed E-state index contributed by atoms with van der Waals surface area (Å²) in [6.07, 6.45) is 12.8. The van der Waals surface area contributed by atoms with Gasteiger partial charge in [-0.3, -0.25) is 9.59 Å². The lowest BCUT2D eigenvalue weighted by Crippen LogP contribution is -2.10. The fraction of sp³-hybridized carbons (Fsp3) is 0.636. The average molecular weight is 342 g/mol. The van der Waals surface area contributed by atoms with Gasteiger partial charge in [-0.2, -0.15) is 0 Å². The van der Waals surface area contributed by atoms with E-state index in [1.165, 1.54) is 25.5 Å². The molecule has 0 N–H and O–H groups in total. The molecule has 2 aliphatic rings. The number of hydrogen-bond acceptors (Lipinski definition) is 3. The fourth-order valence-corrected chi connectivity index (χ4v) is 4.12. The number of ketones is 1. The summed E-state index contributed by atoms with van der Waals surface area (Å²) in [5.41, 5.74) is 1.48. The molecule has 2 aliphatic carbocycles. The molecule has 0 bridgehead atoms. The average Bonchev–Trinajstić information content (AvgIpc) is 3.17. The molecule has 3 nitrogen and oxygen atoms in total. The van der Waals surface area contributed by atoms with Crippen LogP contribution in [0.4, 0.5) is 0 Å². The number of rotatable bonds is 7. The molecule has 0 aromatic carbocycles. The molecule has 0 aromatic heterocycles. The molecule has 2 fully saturated rings. The maximum Gasteiger partial charge on any atom is 0.305 e. The van der Waals surface area contributed by atoms with Gasteiger partial charge in [0.2, 0.25) is 0 Å². The second-order valence-corrected chi connectivity index (χ2v) is 7.34. The summed E-state index contributed by atoms with van der Waals surface area (Å²) in [7, 11) is 1.43. The van der Waals surface area contributed by atoms with Gasteiger partial charge in [-0.1, -0.05) is 24.6 Å². The van der Waals surface area contributed by atoms with Crippen molar-refractivity contribution in [2.45, 2.75) is 58.8 Å². The van der Waals surface area contributed by atoms with E-state index in [9.17, 15) is 9.59 Å². The van der Waals surface area contributed by atoms with E-state index in [4.69, 9.17) is 0 Å². The number of esters is 1. The predicted molar refractivity (Wildman–Crippen MR) is 99.6 cm³/mol. The minimum absolute atomic E-state index is 0.0155. The van der Waals surface area contributed by atoms with Crippen LogP contribution in [-0.4, -0.2) is 18.9 Å². The van der Waals surface area contributed by atoms with Crippen LogP contribution in [0.15, 0.2) is 23.8 Å². The van der Waals surface area contributed by atoms with Gasteiger partial charge in [0.1, 0.15) is 0 Å². The van der Waals surface area contributed by atoms with Gasteiger partial charge < -0.3 is 4.74 Å². The number of fused-ring (bicyclic) bond motifs is 1. The highest BCUT2D eigenvalue weighted by atomic mass is 16.5. The van der Waals surface area contributed by atoms with Crippen LogP contribution in [0.25, 0.3) is 0 Å². The lowest BCUT2D eigenvalue weighted by molar-refractivity contribution is -0.140. The minimum Gasteiger partial charge on any atom is -0.469 e. The summed E-state index contributed by atoms with van der Waals surface area (Å²) in [4.78, 5) is 23.4. The Labute approximate surface area is 151 Å². The van der Waals surface area contributed by atoms with Crippen molar-refractivity contribution in [3.8, 4) is 11.8 Å². The summed E-state index contributed by atoms with van der Waals surface area (Å²) in [6, 6.07) is 0. The lowest BCUT2D eigenvalue weighted by atomic mass is 9.90. The Morgan fingerprint density at radius 1 is 1.32 bits per heavy atom. The molecule has 0 spiro atoms. The highest BCUT2D eigenvalue weighted by molar-refractivity contribution is 5.91. The van der Waals surface area contributed by atoms with Gasteiger partial charge in [0, 0.05) is 18.8 Å². The van der Waals surface area contributed by atoms with Crippen molar-refractivity contribution >= 4 is 11.8 Å². The predicted octanol–water partition coefficient (Wildman–Crippen LogP) is 4.48. The quantitative estimate of drug-likeness (QED) is 0.297. The van der Waals surface area contributed by atoms with Gasteiger partial charge in [0.25, 0.3) is 0 Å². The van der Waals surface area contributed by atoms with E-state index in [2.05, 4.69) is 28.7 Å². The second kappa shape index (κ2) is 9.61. The zero-order valence-corrected chi connectivity index (χ0v) is 15.7. The van der Waals surface area contributed by atoms with Crippen molar-refractivity contribution in [1.29, 1.82) is 0 Å². The molecule has 4 atom stereocenters. The van der Waals surface area contributed by atoms with Crippen molar-refractivity contribution in [2.75, 3.05) is 7.11 Å². The first-order chi connectivity index (χ1) is 12.0. The van der Waals surface area contributed by atoms with Gasteiger partial charge in [-0.25, -0.2) is 0 Å². The second-order valence-electron chi connectivity index (χ2n) is 7.34. The summed E-state index contributed by atoms with van der Waals surface area (Å²) in [5.74, 6) is 7.80. The Morgan fingerprint density at radius 3 is 2.84 bits per heavy atom. The monoisotopic (exact) mass is 342 g/mol. The van der Waals surface area contributed by atoms with E-state index in [0.29, 0.717) is 24.7 Å². The molecular weight excluding hydrogens is 312 g/mol. The fourth-order valence-electron chi connectivity index (χ4n) is 4.12. The molecule has 136 valence electrons. The number of ether oxygens (including phenoxy) is 1. The third-order valence-electron chi connectivity index (χ3n) is 5.64. The van der Waals surface area contributed by atoms with Crippen LogP contribution in [-0.2, 0) is 14.3 Å².